The number of aryl methyl sites for hydroxylation is 1. The van der Waals surface area contributed by atoms with Crippen molar-refractivity contribution in [1.29, 1.82) is 0 Å². The van der Waals surface area contributed by atoms with Crippen molar-refractivity contribution >= 4 is 22.5 Å². The van der Waals surface area contributed by atoms with Gasteiger partial charge in [0.1, 0.15) is 0 Å². The van der Waals surface area contributed by atoms with Crippen LogP contribution in [0, 0.1) is 0 Å². The molecule has 0 saturated carbocycles. The molecule has 0 atom stereocenters. The molecule has 1 heterocycles. The van der Waals surface area contributed by atoms with E-state index < -0.39 is 0 Å². The molecule has 0 radical (unpaired) electrons. The zero-order valence-corrected chi connectivity index (χ0v) is 9.24. The van der Waals surface area contributed by atoms with E-state index in [1.54, 1.807) is 0 Å². The molecule has 0 amide bonds. The van der Waals surface area contributed by atoms with Crippen LogP contribution in [0.4, 0.5) is 0 Å². The summed E-state index contributed by atoms with van der Waals surface area (Å²) in [6.45, 7) is 0.948. The first-order valence-corrected chi connectivity index (χ1v) is 5.64. The Hall–Kier alpha value is -0.990. The molecule has 1 aromatic carbocycles. The topological polar surface area (TPSA) is 25.2 Å². The number of alkyl halides is 1. The van der Waals surface area contributed by atoms with Crippen LogP contribution in [0.15, 0.2) is 30.3 Å². The molecule has 1 aromatic heterocycles. The van der Waals surface area contributed by atoms with E-state index in [4.69, 9.17) is 11.6 Å². The highest BCUT2D eigenvalue weighted by atomic mass is 35.5. The molecular formula is C12H14ClNO. The molecule has 0 saturated heterocycles. The van der Waals surface area contributed by atoms with Crippen LogP contribution >= 0.6 is 11.6 Å². The van der Waals surface area contributed by atoms with Crippen LogP contribution in [0.2, 0.25) is 0 Å². The predicted molar refractivity (Wildman–Crippen MR) is 63.2 cm³/mol. The van der Waals surface area contributed by atoms with Gasteiger partial charge in [0.15, 0.2) is 0 Å². The number of aromatic nitrogens is 1. The van der Waals surface area contributed by atoms with Gasteiger partial charge in [0.2, 0.25) is 0 Å². The molecule has 2 nitrogen and oxygen atoms in total. The fraction of sp³-hybridized carbons (Fsp3) is 0.333. The van der Waals surface area contributed by atoms with Gasteiger partial charge in [0.25, 0.3) is 0 Å². The fourth-order valence-electron chi connectivity index (χ4n) is 1.88. The van der Waals surface area contributed by atoms with Crippen LogP contribution in [-0.4, -0.2) is 15.6 Å². The maximum Gasteiger partial charge on any atom is 0.0833 e. The van der Waals surface area contributed by atoms with Gasteiger partial charge in [-0.3, -0.25) is 0 Å². The molecule has 2 rings (SSSR count). The van der Waals surface area contributed by atoms with Crippen molar-refractivity contribution in [3.05, 3.63) is 36.0 Å². The van der Waals surface area contributed by atoms with Crippen LogP contribution < -0.4 is 0 Å². The van der Waals surface area contributed by atoms with E-state index in [1.165, 1.54) is 10.9 Å². The van der Waals surface area contributed by atoms with E-state index in [-0.39, 0.29) is 6.61 Å². The monoisotopic (exact) mass is 223 g/mol. The molecule has 0 bridgehead atoms. The summed E-state index contributed by atoms with van der Waals surface area (Å²) in [7, 11) is 0. The number of hydrogen-bond acceptors (Lipinski definition) is 1. The van der Waals surface area contributed by atoms with Gasteiger partial charge in [-0.1, -0.05) is 18.2 Å². The SMILES string of the molecule is OCc1cc2ccccc2n1CCCCl. The third-order valence-corrected chi connectivity index (χ3v) is 2.84. The molecule has 0 unspecified atom stereocenters. The van der Waals surface area contributed by atoms with Crippen LogP contribution in [0.3, 0.4) is 0 Å². The Balaban J connectivity index is 2.47. The maximum absolute atomic E-state index is 9.26. The summed E-state index contributed by atoms with van der Waals surface area (Å²) in [5, 5.41) is 10.4. The number of halogens is 1. The van der Waals surface area contributed by atoms with Crippen molar-refractivity contribution in [2.75, 3.05) is 5.88 Å². The lowest BCUT2D eigenvalue weighted by molar-refractivity contribution is 0.271. The van der Waals surface area contributed by atoms with E-state index in [9.17, 15) is 5.11 Å². The van der Waals surface area contributed by atoms with Crippen molar-refractivity contribution in [3.63, 3.8) is 0 Å². The Kier molecular flexibility index (Phi) is 3.29. The fourth-order valence-corrected chi connectivity index (χ4v) is 2.00. The van der Waals surface area contributed by atoms with Crippen molar-refractivity contribution in [2.24, 2.45) is 0 Å². The predicted octanol–water partition coefficient (Wildman–Crippen LogP) is 2.76. The summed E-state index contributed by atoms with van der Waals surface area (Å²) in [5.74, 6) is 0.650. The lowest BCUT2D eigenvalue weighted by Gasteiger charge is -2.07. The van der Waals surface area contributed by atoms with E-state index in [1.807, 2.05) is 18.2 Å². The van der Waals surface area contributed by atoms with Crippen molar-refractivity contribution in [2.45, 2.75) is 19.6 Å². The zero-order valence-electron chi connectivity index (χ0n) is 8.49. The maximum atomic E-state index is 9.26. The first kappa shape index (κ1) is 10.5. The number of benzene rings is 1. The Morgan fingerprint density at radius 2 is 2.07 bits per heavy atom. The van der Waals surface area contributed by atoms with Gasteiger partial charge in [-0.15, -0.1) is 11.6 Å². The van der Waals surface area contributed by atoms with Crippen molar-refractivity contribution < 1.29 is 5.11 Å². The second kappa shape index (κ2) is 4.69. The van der Waals surface area contributed by atoms with E-state index in [2.05, 4.69) is 16.7 Å². The number of aliphatic hydroxyl groups is 1. The van der Waals surface area contributed by atoms with Gasteiger partial charge in [-0.2, -0.15) is 0 Å². The smallest absolute Gasteiger partial charge is 0.0833 e. The molecule has 0 fully saturated rings. The molecule has 0 aliphatic heterocycles. The van der Waals surface area contributed by atoms with E-state index >= 15 is 0 Å². The second-order valence-corrected chi connectivity index (χ2v) is 3.92. The number of fused-ring (bicyclic) bond motifs is 1. The number of rotatable bonds is 4. The van der Waals surface area contributed by atoms with Gasteiger partial charge in [-0.05, 0) is 23.9 Å². The quantitative estimate of drug-likeness (QED) is 0.793. The van der Waals surface area contributed by atoms with Gasteiger partial charge in [0.05, 0.1) is 6.61 Å². The van der Waals surface area contributed by atoms with Crippen LogP contribution in [0.1, 0.15) is 12.1 Å². The molecule has 0 aliphatic carbocycles. The van der Waals surface area contributed by atoms with Gasteiger partial charge >= 0.3 is 0 Å². The standard InChI is InChI=1S/C12H14ClNO/c13-6-3-7-14-11(9-15)8-10-4-1-2-5-12(10)14/h1-2,4-5,8,15H,3,6-7,9H2. The van der Waals surface area contributed by atoms with E-state index in [0.29, 0.717) is 5.88 Å². The van der Waals surface area contributed by atoms with Crippen LogP contribution in [0.25, 0.3) is 10.9 Å². The summed E-state index contributed by atoms with van der Waals surface area (Å²) in [5.41, 5.74) is 2.13. The minimum absolute atomic E-state index is 0.0803. The molecule has 0 spiro atoms. The first-order chi connectivity index (χ1) is 7.36. The molecular weight excluding hydrogens is 210 g/mol. The molecule has 1 N–H and O–H groups in total. The highest BCUT2D eigenvalue weighted by molar-refractivity contribution is 6.17. The Bertz CT molecular complexity index is 450. The minimum atomic E-state index is 0.0803. The molecule has 80 valence electrons. The average molecular weight is 224 g/mol. The second-order valence-electron chi connectivity index (χ2n) is 3.55. The summed E-state index contributed by atoms with van der Waals surface area (Å²) in [6, 6.07) is 10.2. The lowest BCUT2D eigenvalue weighted by atomic mass is 10.2. The largest absolute Gasteiger partial charge is 0.390 e. The summed E-state index contributed by atoms with van der Waals surface area (Å²) in [6.07, 6.45) is 0.924. The number of hydrogen-bond donors (Lipinski definition) is 1. The zero-order chi connectivity index (χ0) is 10.7. The highest BCUT2D eigenvalue weighted by Gasteiger charge is 2.06. The van der Waals surface area contributed by atoms with Crippen molar-refractivity contribution in [1.82, 2.24) is 4.57 Å². The third kappa shape index (κ3) is 2.01. The molecule has 3 heteroatoms. The van der Waals surface area contributed by atoms with Crippen LogP contribution in [0.5, 0.6) is 0 Å². The molecule has 15 heavy (non-hydrogen) atoms. The summed E-state index contributed by atoms with van der Waals surface area (Å²) in [4.78, 5) is 0. The normalized spacial score (nSPS) is 11.1. The van der Waals surface area contributed by atoms with Gasteiger partial charge < -0.3 is 9.67 Å². The number of aliphatic hydroxyl groups excluding tert-OH is 1. The third-order valence-electron chi connectivity index (χ3n) is 2.57. The lowest BCUT2D eigenvalue weighted by Crippen LogP contribution is -2.03. The number of para-hydroxylation sites is 1. The first-order valence-electron chi connectivity index (χ1n) is 5.11. The Morgan fingerprint density at radius 1 is 1.27 bits per heavy atom. The van der Waals surface area contributed by atoms with E-state index in [0.717, 1.165) is 18.7 Å². The van der Waals surface area contributed by atoms with Gasteiger partial charge in [-0.25, -0.2) is 0 Å². The Labute approximate surface area is 94.1 Å². The summed E-state index contributed by atoms with van der Waals surface area (Å²) < 4.78 is 2.14. The van der Waals surface area contributed by atoms with Crippen LogP contribution in [-0.2, 0) is 13.2 Å². The molecule has 0 aliphatic rings. The van der Waals surface area contributed by atoms with Gasteiger partial charge in [0, 0.05) is 23.6 Å². The Morgan fingerprint density at radius 3 is 2.80 bits per heavy atom. The minimum Gasteiger partial charge on any atom is -0.390 e. The highest BCUT2D eigenvalue weighted by Crippen LogP contribution is 2.20. The average Bonchev–Trinajstić information content (AvgIpc) is 2.64. The molecule has 2 aromatic rings. The van der Waals surface area contributed by atoms with Crippen molar-refractivity contribution in [3.8, 4) is 0 Å². The summed E-state index contributed by atoms with van der Waals surface area (Å²) >= 11 is 5.69. The number of nitrogens with zero attached hydrogens (tertiary/aromatic N) is 1.